The molecule has 0 radical (unpaired) electrons. The number of carbonyl (C=O) groups excluding carboxylic acids is 2. The van der Waals surface area contributed by atoms with Crippen LogP contribution in [0.25, 0.3) is 0 Å². The van der Waals surface area contributed by atoms with Crippen molar-refractivity contribution in [1.82, 2.24) is 15.6 Å². The summed E-state index contributed by atoms with van der Waals surface area (Å²) in [5.41, 5.74) is 0.486. The van der Waals surface area contributed by atoms with Gasteiger partial charge in [0.05, 0.1) is 5.56 Å². The van der Waals surface area contributed by atoms with Crippen molar-refractivity contribution in [2.75, 3.05) is 25.0 Å². The third-order valence-corrected chi connectivity index (χ3v) is 2.41. The van der Waals surface area contributed by atoms with E-state index in [9.17, 15) is 9.59 Å². The number of hydrogen-bond donors (Lipinski definition) is 3. The van der Waals surface area contributed by atoms with Crippen LogP contribution in [0.1, 0.15) is 30.6 Å². The van der Waals surface area contributed by atoms with Gasteiger partial charge in [-0.1, -0.05) is 0 Å². The Balaban J connectivity index is 2.51. The minimum atomic E-state index is -0.228. The molecule has 1 aromatic rings. The van der Waals surface area contributed by atoms with Crippen molar-refractivity contribution in [3.63, 3.8) is 0 Å². The third-order valence-electron chi connectivity index (χ3n) is 2.41. The highest BCUT2D eigenvalue weighted by Gasteiger charge is 2.11. The van der Waals surface area contributed by atoms with Crippen LogP contribution in [0.2, 0.25) is 0 Å². The Morgan fingerprint density at radius 3 is 2.68 bits per heavy atom. The first-order valence-corrected chi connectivity index (χ1v) is 6.42. The number of pyridine rings is 1. The molecule has 6 nitrogen and oxygen atoms in total. The van der Waals surface area contributed by atoms with Gasteiger partial charge in [0, 0.05) is 32.3 Å². The number of hydrogen-bond acceptors (Lipinski definition) is 4. The van der Waals surface area contributed by atoms with Crippen molar-refractivity contribution in [3.05, 3.63) is 23.9 Å². The largest absolute Gasteiger partial charge is 0.370 e. The maximum Gasteiger partial charge on any atom is 0.255 e. The van der Waals surface area contributed by atoms with Crippen LogP contribution in [0.15, 0.2) is 18.3 Å². The Morgan fingerprint density at radius 2 is 2.00 bits per heavy atom. The fraction of sp³-hybridized carbons (Fsp3) is 0.462. The molecule has 0 bridgehead atoms. The van der Waals surface area contributed by atoms with Crippen molar-refractivity contribution in [2.24, 2.45) is 0 Å². The van der Waals surface area contributed by atoms with Gasteiger partial charge in [-0.3, -0.25) is 9.59 Å². The van der Waals surface area contributed by atoms with Crippen molar-refractivity contribution >= 4 is 17.6 Å². The number of amides is 2. The van der Waals surface area contributed by atoms with Gasteiger partial charge < -0.3 is 16.0 Å². The van der Waals surface area contributed by atoms with Gasteiger partial charge in [-0.2, -0.15) is 0 Å². The fourth-order valence-corrected chi connectivity index (χ4v) is 1.57. The number of nitrogens with one attached hydrogen (secondary N) is 3. The van der Waals surface area contributed by atoms with Gasteiger partial charge in [-0.15, -0.1) is 0 Å². The molecular weight excluding hydrogens is 244 g/mol. The molecule has 0 unspecified atom stereocenters. The molecule has 19 heavy (non-hydrogen) atoms. The van der Waals surface area contributed by atoms with E-state index in [1.807, 2.05) is 13.8 Å². The van der Waals surface area contributed by atoms with E-state index in [0.29, 0.717) is 31.0 Å². The zero-order valence-corrected chi connectivity index (χ0v) is 11.3. The van der Waals surface area contributed by atoms with E-state index in [0.717, 1.165) is 0 Å². The van der Waals surface area contributed by atoms with Crippen LogP contribution in [0.5, 0.6) is 0 Å². The average Bonchev–Trinajstić information content (AvgIpc) is 2.40. The molecule has 2 amide bonds. The second kappa shape index (κ2) is 8.07. The minimum absolute atomic E-state index is 0.0686. The molecule has 0 atom stereocenters. The first-order chi connectivity index (χ1) is 9.19. The van der Waals surface area contributed by atoms with Gasteiger partial charge in [0.1, 0.15) is 5.82 Å². The maximum atomic E-state index is 12.0. The van der Waals surface area contributed by atoms with Crippen LogP contribution < -0.4 is 16.0 Å². The van der Waals surface area contributed by atoms with E-state index in [-0.39, 0.29) is 18.2 Å². The second-order valence-corrected chi connectivity index (χ2v) is 3.89. The Hall–Kier alpha value is -2.11. The maximum absolute atomic E-state index is 12.0. The Kier molecular flexibility index (Phi) is 6.35. The third kappa shape index (κ3) is 4.95. The van der Waals surface area contributed by atoms with Crippen LogP contribution >= 0.6 is 0 Å². The van der Waals surface area contributed by atoms with Gasteiger partial charge in [-0.25, -0.2) is 4.98 Å². The summed E-state index contributed by atoms with van der Waals surface area (Å²) in [6.45, 7) is 5.39. The molecule has 0 saturated carbocycles. The van der Waals surface area contributed by atoms with E-state index in [1.54, 1.807) is 18.3 Å². The molecule has 0 aliphatic rings. The highest BCUT2D eigenvalue weighted by atomic mass is 16.2. The molecule has 1 heterocycles. The molecule has 0 fully saturated rings. The van der Waals surface area contributed by atoms with E-state index in [1.165, 1.54) is 0 Å². The van der Waals surface area contributed by atoms with Crippen molar-refractivity contribution < 1.29 is 9.59 Å². The van der Waals surface area contributed by atoms with Crippen LogP contribution in [-0.2, 0) is 4.79 Å². The summed E-state index contributed by atoms with van der Waals surface area (Å²) >= 11 is 0. The quantitative estimate of drug-likeness (QED) is 0.679. The first kappa shape index (κ1) is 14.9. The smallest absolute Gasteiger partial charge is 0.255 e. The van der Waals surface area contributed by atoms with Crippen molar-refractivity contribution in [2.45, 2.75) is 20.3 Å². The van der Waals surface area contributed by atoms with Gasteiger partial charge in [0.25, 0.3) is 5.91 Å². The molecule has 0 aromatic carbocycles. The number of aromatic nitrogens is 1. The first-order valence-electron chi connectivity index (χ1n) is 6.42. The van der Waals surface area contributed by atoms with Gasteiger partial charge in [0.2, 0.25) is 5.91 Å². The zero-order valence-electron chi connectivity index (χ0n) is 11.3. The summed E-state index contributed by atoms with van der Waals surface area (Å²) in [6.07, 6.45) is 1.90. The topological polar surface area (TPSA) is 83.1 Å². The van der Waals surface area contributed by atoms with E-state index in [2.05, 4.69) is 20.9 Å². The SMILES string of the molecule is CCNC(=O)CCNC(=O)c1cccnc1NCC. The van der Waals surface area contributed by atoms with Crippen LogP contribution in [0.3, 0.4) is 0 Å². The molecule has 1 rings (SSSR count). The molecule has 0 spiro atoms. The van der Waals surface area contributed by atoms with Gasteiger partial charge in [0.15, 0.2) is 0 Å². The predicted octanol–water partition coefficient (Wildman–Crippen LogP) is 0.769. The van der Waals surface area contributed by atoms with E-state index < -0.39 is 0 Å². The number of rotatable bonds is 7. The summed E-state index contributed by atoms with van der Waals surface area (Å²) in [5, 5.41) is 8.41. The lowest BCUT2D eigenvalue weighted by molar-refractivity contribution is -0.120. The number of anilines is 1. The molecular formula is C13H20N4O2. The lowest BCUT2D eigenvalue weighted by atomic mass is 10.2. The van der Waals surface area contributed by atoms with Crippen molar-refractivity contribution in [3.8, 4) is 0 Å². The monoisotopic (exact) mass is 264 g/mol. The molecule has 1 aromatic heterocycles. The molecule has 6 heteroatoms. The van der Waals surface area contributed by atoms with E-state index in [4.69, 9.17) is 0 Å². The summed E-state index contributed by atoms with van der Waals surface area (Å²) < 4.78 is 0. The van der Waals surface area contributed by atoms with Crippen molar-refractivity contribution in [1.29, 1.82) is 0 Å². The molecule has 3 N–H and O–H groups in total. The summed E-state index contributed by atoms with van der Waals surface area (Å²) in [5.74, 6) is 0.259. The summed E-state index contributed by atoms with van der Waals surface area (Å²) in [4.78, 5) is 27.3. The van der Waals surface area contributed by atoms with Gasteiger partial charge in [-0.05, 0) is 26.0 Å². The van der Waals surface area contributed by atoms with Crippen LogP contribution in [-0.4, -0.2) is 36.4 Å². The van der Waals surface area contributed by atoms with Gasteiger partial charge >= 0.3 is 0 Å². The van der Waals surface area contributed by atoms with Crippen LogP contribution in [0.4, 0.5) is 5.82 Å². The highest BCUT2D eigenvalue weighted by molar-refractivity contribution is 5.98. The lowest BCUT2D eigenvalue weighted by Gasteiger charge is -2.09. The Morgan fingerprint density at radius 1 is 1.21 bits per heavy atom. The van der Waals surface area contributed by atoms with E-state index >= 15 is 0 Å². The fourth-order valence-electron chi connectivity index (χ4n) is 1.57. The average molecular weight is 264 g/mol. The Labute approximate surface area is 113 Å². The molecule has 104 valence electrons. The number of nitrogens with zero attached hydrogens (tertiary/aromatic N) is 1. The Bertz CT molecular complexity index is 434. The lowest BCUT2D eigenvalue weighted by Crippen LogP contribution is -2.31. The number of carbonyl (C=O) groups is 2. The second-order valence-electron chi connectivity index (χ2n) is 3.89. The molecule has 0 aliphatic carbocycles. The highest BCUT2D eigenvalue weighted by Crippen LogP contribution is 2.10. The summed E-state index contributed by atoms with van der Waals surface area (Å²) in [6, 6.07) is 3.41. The molecule has 0 saturated heterocycles. The van der Waals surface area contributed by atoms with Crippen LogP contribution in [0, 0.1) is 0 Å². The summed E-state index contributed by atoms with van der Waals surface area (Å²) in [7, 11) is 0. The standard InChI is InChI=1S/C13H20N4O2/c1-3-14-11(18)7-9-17-13(19)10-6-5-8-16-12(10)15-4-2/h5-6,8H,3-4,7,9H2,1-2H3,(H,14,18)(H,15,16)(H,17,19). The predicted molar refractivity (Wildman–Crippen MR) is 74.0 cm³/mol. The normalized spacial score (nSPS) is 9.79. The zero-order chi connectivity index (χ0) is 14.1. The minimum Gasteiger partial charge on any atom is -0.370 e. The molecule has 0 aliphatic heterocycles.